The number of halogens is 1. The third kappa shape index (κ3) is 7.45. The molecule has 0 radical (unpaired) electrons. The molecule has 0 fully saturated rings. The molecule has 7 nitrogen and oxygen atoms in total. The number of aryl methyl sites for hydroxylation is 2. The fourth-order valence-electron chi connectivity index (χ4n) is 3.52. The summed E-state index contributed by atoms with van der Waals surface area (Å²) < 4.78 is 12.0. The first kappa shape index (κ1) is 27.5. The van der Waals surface area contributed by atoms with Crippen LogP contribution >= 0.6 is 15.9 Å². The van der Waals surface area contributed by atoms with E-state index in [-0.39, 0.29) is 18.1 Å². The number of benzene rings is 3. The number of carbonyl (C=O) groups is 2. The first-order valence-electron chi connectivity index (χ1n) is 11.7. The highest BCUT2D eigenvalue weighted by atomic mass is 79.9. The highest BCUT2D eigenvalue weighted by Crippen LogP contribution is 2.37. The van der Waals surface area contributed by atoms with Crippen LogP contribution in [0, 0.1) is 32.1 Å². The van der Waals surface area contributed by atoms with Crippen LogP contribution in [0.2, 0.25) is 0 Å². The maximum absolute atomic E-state index is 12.8. The fourth-order valence-corrected chi connectivity index (χ4v) is 4.10. The molecule has 37 heavy (non-hydrogen) atoms. The van der Waals surface area contributed by atoms with E-state index in [1.807, 2.05) is 64.1 Å². The molecule has 0 unspecified atom stereocenters. The van der Waals surface area contributed by atoms with E-state index in [2.05, 4.69) is 26.6 Å². The number of nitrogens with one attached hydrogen (secondary N) is 2. The van der Waals surface area contributed by atoms with Gasteiger partial charge in [-0.25, -0.2) is 0 Å². The van der Waals surface area contributed by atoms with Gasteiger partial charge in [0.05, 0.1) is 11.1 Å². The minimum Gasteiger partial charge on any atom is -0.490 e. The van der Waals surface area contributed by atoms with Crippen molar-refractivity contribution < 1.29 is 19.1 Å². The summed E-state index contributed by atoms with van der Waals surface area (Å²) in [6, 6.07) is 18.4. The SMILES string of the molecule is CCOc1cc(/C=C(\C#N)C(=O)Nc2cccc(C)c2C)cc(Br)c1OCC(=O)Nc1cccc(C)c1. The molecule has 0 spiro atoms. The van der Waals surface area contributed by atoms with Crippen LogP contribution in [0.1, 0.15) is 29.2 Å². The molecule has 0 atom stereocenters. The van der Waals surface area contributed by atoms with Gasteiger partial charge in [-0.1, -0.05) is 24.3 Å². The van der Waals surface area contributed by atoms with E-state index in [0.29, 0.717) is 39.5 Å². The highest BCUT2D eigenvalue weighted by Gasteiger charge is 2.16. The molecule has 0 aliphatic carbocycles. The Hall–Kier alpha value is -4.09. The van der Waals surface area contributed by atoms with Gasteiger partial charge in [-0.3, -0.25) is 9.59 Å². The Bertz CT molecular complexity index is 1390. The first-order valence-corrected chi connectivity index (χ1v) is 12.5. The minimum absolute atomic E-state index is 0.0681. The molecule has 0 aliphatic rings. The molecule has 0 bridgehead atoms. The maximum atomic E-state index is 12.8. The summed E-state index contributed by atoms with van der Waals surface area (Å²) >= 11 is 3.47. The molecular formula is C29H28BrN3O4. The van der Waals surface area contributed by atoms with Crippen molar-refractivity contribution in [3.63, 3.8) is 0 Å². The van der Waals surface area contributed by atoms with Gasteiger partial charge in [0.1, 0.15) is 11.6 Å². The molecule has 3 rings (SSSR count). The zero-order chi connectivity index (χ0) is 26.9. The second-order valence-electron chi connectivity index (χ2n) is 8.34. The lowest BCUT2D eigenvalue weighted by Gasteiger charge is -2.15. The van der Waals surface area contributed by atoms with Gasteiger partial charge in [0.25, 0.3) is 11.8 Å². The number of carbonyl (C=O) groups excluding carboxylic acids is 2. The predicted octanol–water partition coefficient (Wildman–Crippen LogP) is 6.34. The van der Waals surface area contributed by atoms with Crippen LogP contribution in [0.3, 0.4) is 0 Å². The zero-order valence-corrected chi connectivity index (χ0v) is 22.7. The van der Waals surface area contributed by atoms with Crippen molar-refractivity contribution in [2.24, 2.45) is 0 Å². The van der Waals surface area contributed by atoms with Gasteiger partial charge in [0, 0.05) is 11.4 Å². The van der Waals surface area contributed by atoms with Gasteiger partial charge in [0.2, 0.25) is 0 Å². The third-order valence-electron chi connectivity index (χ3n) is 5.51. The summed E-state index contributed by atoms with van der Waals surface area (Å²) in [5.41, 5.74) is 4.82. The summed E-state index contributed by atoms with van der Waals surface area (Å²) in [7, 11) is 0. The van der Waals surface area contributed by atoms with Gasteiger partial charge < -0.3 is 20.1 Å². The lowest BCUT2D eigenvalue weighted by molar-refractivity contribution is -0.118. The predicted molar refractivity (Wildman–Crippen MR) is 149 cm³/mol. The van der Waals surface area contributed by atoms with Gasteiger partial charge in [-0.2, -0.15) is 5.26 Å². The Morgan fingerprint density at radius 3 is 2.49 bits per heavy atom. The fraction of sp³-hybridized carbons (Fsp3) is 0.207. The average molecular weight is 562 g/mol. The van der Waals surface area contributed by atoms with E-state index >= 15 is 0 Å². The number of hydrogen-bond acceptors (Lipinski definition) is 5. The lowest BCUT2D eigenvalue weighted by Crippen LogP contribution is -2.20. The number of hydrogen-bond donors (Lipinski definition) is 2. The molecule has 2 amide bonds. The lowest BCUT2D eigenvalue weighted by atomic mass is 10.1. The molecule has 0 aromatic heterocycles. The van der Waals surface area contributed by atoms with Crippen molar-refractivity contribution in [3.05, 3.63) is 86.9 Å². The number of ether oxygens (including phenoxy) is 2. The molecule has 8 heteroatoms. The number of amides is 2. The molecule has 3 aromatic rings. The van der Waals surface area contributed by atoms with Crippen molar-refractivity contribution in [1.82, 2.24) is 0 Å². The van der Waals surface area contributed by atoms with E-state index in [1.165, 1.54) is 6.08 Å². The van der Waals surface area contributed by atoms with Crippen molar-refractivity contribution in [2.45, 2.75) is 27.7 Å². The summed E-state index contributed by atoms with van der Waals surface area (Å²) in [5, 5.41) is 15.2. The summed E-state index contributed by atoms with van der Waals surface area (Å²) in [6.07, 6.45) is 1.47. The number of rotatable bonds is 9. The van der Waals surface area contributed by atoms with Crippen molar-refractivity contribution in [2.75, 3.05) is 23.8 Å². The van der Waals surface area contributed by atoms with E-state index in [1.54, 1.807) is 24.3 Å². The first-order chi connectivity index (χ1) is 17.7. The molecule has 0 saturated heterocycles. The third-order valence-corrected chi connectivity index (χ3v) is 6.10. The second kappa shape index (κ2) is 12.7. The molecule has 2 N–H and O–H groups in total. The van der Waals surface area contributed by atoms with Gasteiger partial charge in [-0.15, -0.1) is 0 Å². The van der Waals surface area contributed by atoms with Gasteiger partial charge in [0.15, 0.2) is 18.1 Å². The monoisotopic (exact) mass is 561 g/mol. The zero-order valence-electron chi connectivity index (χ0n) is 21.1. The number of nitriles is 1. The van der Waals surface area contributed by atoms with Crippen LogP contribution in [0.5, 0.6) is 11.5 Å². The van der Waals surface area contributed by atoms with Gasteiger partial charge in [-0.05, 0) is 102 Å². The Balaban J connectivity index is 1.79. The topological polar surface area (TPSA) is 100 Å². The summed E-state index contributed by atoms with van der Waals surface area (Å²) in [6.45, 7) is 7.75. The Morgan fingerprint density at radius 1 is 1.03 bits per heavy atom. The van der Waals surface area contributed by atoms with Crippen LogP contribution in [0.4, 0.5) is 11.4 Å². The van der Waals surface area contributed by atoms with E-state index in [0.717, 1.165) is 16.7 Å². The van der Waals surface area contributed by atoms with Crippen LogP contribution in [-0.4, -0.2) is 25.0 Å². The van der Waals surface area contributed by atoms with Crippen molar-refractivity contribution >= 4 is 45.2 Å². The Morgan fingerprint density at radius 2 is 1.78 bits per heavy atom. The molecule has 3 aromatic carbocycles. The smallest absolute Gasteiger partial charge is 0.266 e. The van der Waals surface area contributed by atoms with E-state index in [9.17, 15) is 14.9 Å². The van der Waals surface area contributed by atoms with E-state index in [4.69, 9.17) is 9.47 Å². The molecule has 0 heterocycles. The van der Waals surface area contributed by atoms with Crippen molar-refractivity contribution in [1.29, 1.82) is 5.26 Å². The number of anilines is 2. The largest absolute Gasteiger partial charge is 0.490 e. The number of nitrogens with zero attached hydrogens (tertiary/aromatic N) is 1. The second-order valence-corrected chi connectivity index (χ2v) is 9.20. The summed E-state index contributed by atoms with van der Waals surface area (Å²) in [4.78, 5) is 25.2. The van der Waals surface area contributed by atoms with Crippen LogP contribution in [-0.2, 0) is 9.59 Å². The normalized spacial score (nSPS) is 10.9. The Kier molecular flexibility index (Phi) is 9.47. The maximum Gasteiger partial charge on any atom is 0.266 e. The van der Waals surface area contributed by atoms with Crippen LogP contribution in [0.15, 0.2) is 64.6 Å². The standard InChI is InChI=1S/C29H28BrN3O4/c1-5-36-26-15-21(13-22(16-31)29(35)33-25-11-7-9-19(3)20(25)4)14-24(30)28(26)37-17-27(34)32-23-10-6-8-18(2)12-23/h6-15H,5,17H2,1-4H3,(H,32,34)(H,33,35)/b22-13+. The molecule has 0 aliphatic heterocycles. The quantitative estimate of drug-likeness (QED) is 0.234. The average Bonchev–Trinajstić information content (AvgIpc) is 2.85. The van der Waals surface area contributed by atoms with E-state index < -0.39 is 5.91 Å². The van der Waals surface area contributed by atoms with Crippen molar-refractivity contribution in [3.8, 4) is 17.6 Å². The van der Waals surface area contributed by atoms with Gasteiger partial charge >= 0.3 is 0 Å². The molecule has 190 valence electrons. The minimum atomic E-state index is -0.515. The molecule has 0 saturated carbocycles. The summed E-state index contributed by atoms with van der Waals surface area (Å²) in [5.74, 6) is -0.118. The molecular weight excluding hydrogens is 534 g/mol. The highest BCUT2D eigenvalue weighted by molar-refractivity contribution is 9.10. The Labute approximate surface area is 225 Å². The van der Waals surface area contributed by atoms with Crippen LogP contribution < -0.4 is 20.1 Å². The van der Waals surface area contributed by atoms with Crippen LogP contribution in [0.25, 0.3) is 6.08 Å².